The molecule has 0 heterocycles. The molecular formula is C9H13FO4. The standard InChI is InChI=1S/C9H13FO4/c1-4-7(10)5(9(13)14-2)3-6(11)8(4)12/h3-4,6-8,11-12H,1-2H3. The Hall–Kier alpha value is -0.940. The van der Waals surface area contributed by atoms with Gasteiger partial charge in [0.2, 0.25) is 0 Å². The Balaban J connectivity index is 2.95. The fraction of sp³-hybridized carbons (Fsp3) is 0.667. The number of halogens is 1. The number of aliphatic hydroxyl groups excluding tert-OH is 2. The van der Waals surface area contributed by atoms with E-state index in [0.29, 0.717) is 0 Å². The number of alkyl halides is 1. The van der Waals surface area contributed by atoms with Crippen molar-refractivity contribution in [3.05, 3.63) is 11.6 Å². The molecule has 0 amide bonds. The third-order valence-corrected chi connectivity index (χ3v) is 2.42. The number of methoxy groups -OCH3 is 1. The maximum atomic E-state index is 13.5. The molecule has 2 N–H and O–H groups in total. The number of carbonyl (C=O) groups is 1. The van der Waals surface area contributed by atoms with E-state index in [-0.39, 0.29) is 5.57 Å². The average molecular weight is 204 g/mol. The second-order valence-electron chi connectivity index (χ2n) is 3.36. The number of esters is 1. The third-order valence-electron chi connectivity index (χ3n) is 2.42. The van der Waals surface area contributed by atoms with Crippen molar-refractivity contribution in [3.8, 4) is 0 Å². The fourth-order valence-electron chi connectivity index (χ4n) is 1.44. The first-order valence-corrected chi connectivity index (χ1v) is 4.29. The summed E-state index contributed by atoms with van der Waals surface area (Å²) in [5.41, 5.74) is -0.224. The van der Waals surface area contributed by atoms with Crippen LogP contribution >= 0.6 is 0 Å². The number of ether oxygens (including phenoxy) is 1. The Labute approximate surface area is 81.0 Å². The van der Waals surface area contributed by atoms with Crippen molar-refractivity contribution in [2.75, 3.05) is 7.11 Å². The van der Waals surface area contributed by atoms with E-state index in [1.807, 2.05) is 0 Å². The number of rotatable bonds is 1. The van der Waals surface area contributed by atoms with Crippen molar-refractivity contribution in [1.29, 1.82) is 0 Å². The van der Waals surface area contributed by atoms with E-state index in [0.717, 1.165) is 13.2 Å². The van der Waals surface area contributed by atoms with Crippen LogP contribution in [0.5, 0.6) is 0 Å². The molecule has 5 heteroatoms. The Morgan fingerprint density at radius 2 is 2.14 bits per heavy atom. The summed E-state index contributed by atoms with van der Waals surface area (Å²) in [5, 5.41) is 18.6. The molecule has 4 nitrogen and oxygen atoms in total. The van der Waals surface area contributed by atoms with Gasteiger partial charge in [0, 0.05) is 5.92 Å². The van der Waals surface area contributed by atoms with Gasteiger partial charge in [0.15, 0.2) is 0 Å². The number of hydrogen-bond donors (Lipinski definition) is 2. The molecule has 0 radical (unpaired) electrons. The van der Waals surface area contributed by atoms with E-state index in [9.17, 15) is 19.4 Å². The molecule has 0 saturated heterocycles. The Morgan fingerprint density at radius 1 is 1.57 bits per heavy atom. The maximum absolute atomic E-state index is 13.5. The molecule has 1 aliphatic rings. The minimum atomic E-state index is -1.60. The van der Waals surface area contributed by atoms with E-state index in [1.165, 1.54) is 6.92 Å². The lowest BCUT2D eigenvalue weighted by Gasteiger charge is -2.30. The second-order valence-corrected chi connectivity index (χ2v) is 3.36. The highest BCUT2D eigenvalue weighted by molar-refractivity contribution is 5.90. The van der Waals surface area contributed by atoms with Gasteiger partial charge in [-0.1, -0.05) is 6.92 Å². The van der Waals surface area contributed by atoms with Gasteiger partial charge in [-0.05, 0) is 6.08 Å². The first-order valence-electron chi connectivity index (χ1n) is 4.29. The number of aliphatic hydroxyl groups is 2. The van der Waals surface area contributed by atoms with E-state index in [1.54, 1.807) is 0 Å². The first-order chi connectivity index (χ1) is 6.49. The van der Waals surface area contributed by atoms with Gasteiger partial charge in [-0.25, -0.2) is 9.18 Å². The van der Waals surface area contributed by atoms with Gasteiger partial charge >= 0.3 is 5.97 Å². The third kappa shape index (κ3) is 1.78. The molecule has 0 saturated carbocycles. The van der Waals surface area contributed by atoms with Crippen molar-refractivity contribution in [1.82, 2.24) is 0 Å². The summed E-state index contributed by atoms with van der Waals surface area (Å²) < 4.78 is 17.8. The summed E-state index contributed by atoms with van der Waals surface area (Å²) in [5.74, 6) is -1.63. The summed E-state index contributed by atoms with van der Waals surface area (Å²) in [6.07, 6.45) is -2.99. The zero-order valence-corrected chi connectivity index (χ0v) is 7.98. The van der Waals surface area contributed by atoms with Gasteiger partial charge in [-0.2, -0.15) is 0 Å². The van der Waals surface area contributed by atoms with Crippen LogP contribution in [-0.2, 0) is 9.53 Å². The zero-order chi connectivity index (χ0) is 10.9. The maximum Gasteiger partial charge on any atom is 0.336 e. The minimum Gasteiger partial charge on any atom is -0.466 e. The van der Waals surface area contributed by atoms with Gasteiger partial charge in [0.1, 0.15) is 6.17 Å². The van der Waals surface area contributed by atoms with Crippen LogP contribution in [0.2, 0.25) is 0 Å². The van der Waals surface area contributed by atoms with Gasteiger partial charge in [-0.15, -0.1) is 0 Å². The largest absolute Gasteiger partial charge is 0.466 e. The van der Waals surface area contributed by atoms with E-state index in [2.05, 4.69) is 4.74 Å². The predicted molar refractivity (Wildman–Crippen MR) is 46.2 cm³/mol. The van der Waals surface area contributed by atoms with Crippen molar-refractivity contribution in [2.45, 2.75) is 25.3 Å². The van der Waals surface area contributed by atoms with Gasteiger partial charge in [0.05, 0.1) is 24.9 Å². The summed E-state index contributed by atoms with van der Waals surface area (Å²) in [6.45, 7) is 1.43. The van der Waals surface area contributed by atoms with Crippen molar-refractivity contribution < 1.29 is 24.1 Å². The smallest absolute Gasteiger partial charge is 0.336 e. The molecule has 4 atom stereocenters. The van der Waals surface area contributed by atoms with Gasteiger partial charge < -0.3 is 14.9 Å². The molecule has 4 unspecified atom stereocenters. The monoisotopic (exact) mass is 204 g/mol. The van der Waals surface area contributed by atoms with E-state index < -0.39 is 30.3 Å². The van der Waals surface area contributed by atoms with Crippen molar-refractivity contribution in [2.24, 2.45) is 5.92 Å². The lowest BCUT2D eigenvalue weighted by molar-refractivity contribution is -0.138. The summed E-state index contributed by atoms with van der Waals surface area (Å²) >= 11 is 0. The fourth-order valence-corrected chi connectivity index (χ4v) is 1.44. The van der Waals surface area contributed by atoms with Crippen LogP contribution in [0.1, 0.15) is 6.92 Å². The Kier molecular flexibility index (Phi) is 3.23. The van der Waals surface area contributed by atoms with Crippen LogP contribution in [0.15, 0.2) is 11.6 Å². The number of hydrogen-bond acceptors (Lipinski definition) is 4. The molecule has 0 fully saturated rings. The van der Waals surface area contributed by atoms with Gasteiger partial charge in [0.25, 0.3) is 0 Å². The first kappa shape index (κ1) is 11.1. The normalized spacial score (nSPS) is 37.6. The van der Waals surface area contributed by atoms with E-state index in [4.69, 9.17) is 0 Å². The molecule has 0 aromatic heterocycles. The Bertz CT molecular complexity index is 264. The Morgan fingerprint density at radius 3 is 2.64 bits per heavy atom. The summed E-state index contributed by atoms with van der Waals surface area (Å²) in [4.78, 5) is 11.1. The summed E-state index contributed by atoms with van der Waals surface area (Å²) in [7, 11) is 1.14. The van der Waals surface area contributed by atoms with Crippen molar-refractivity contribution >= 4 is 5.97 Å². The molecule has 0 aromatic rings. The van der Waals surface area contributed by atoms with Crippen LogP contribution < -0.4 is 0 Å². The molecular weight excluding hydrogens is 191 g/mol. The highest BCUT2D eigenvalue weighted by Crippen LogP contribution is 2.28. The van der Waals surface area contributed by atoms with Gasteiger partial charge in [-0.3, -0.25) is 0 Å². The van der Waals surface area contributed by atoms with Crippen LogP contribution in [0, 0.1) is 5.92 Å². The summed E-state index contributed by atoms with van der Waals surface area (Å²) in [6, 6.07) is 0. The highest BCUT2D eigenvalue weighted by Gasteiger charge is 2.38. The lowest BCUT2D eigenvalue weighted by Crippen LogP contribution is -2.42. The molecule has 80 valence electrons. The molecule has 0 bridgehead atoms. The highest BCUT2D eigenvalue weighted by atomic mass is 19.1. The molecule has 0 spiro atoms. The molecule has 1 rings (SSSR count). The quantitative estimate of drug-likeness (QED) is 0.580. The predicted octanol–water partition coefficient (Wildman–Crippen LogP) is -0.205. The molecule has 1 aliphatic carbocycles. The van der Waals surface area contributed by atoms with Crippen LogP contribution in [0.25, 0.3) is 0 Å². The number of carbonyl (C=O) groups excluding carboxylic acids is 1. The van der Waals surface area contributed by atoms with Crippen LogP contribution in [0.4, 0.5) is 4.39 Å². The van der Waals surface area contributed by atoms with Crippen LogP contribution in [0.3, 0.4) is 0 Å². The zero-order valence-electron chi connectivity index (χ0n) is 7.98. The minimum absolute atomic E-state index is 0.224. The lowest BCUT2D eigenvalue weighted by atomic mass is 9.84. The van der Waals surface area contributed by atoms with Crippen LogP contribution in [-0.4, -0.2) is 41.7 Å². The molecule has 0 aliphatic heterocycles. The topological polar surface area (TPSA) is 66.8 Å². The molecule has 14 heavy (non-hydrogen) atoms. The second kappa shape index (κ2) is 4.06. The van der Waals surface area contributed by atoms with E-state index >= 15 is 0 Å². The molecule has 0 aromatic carbocycles. The SMILES string of the molecule is COC(=O)C1=CC(O)C(O)C(C)C1F. The average Bonchev–Trinajstić information content (AvgIpc) is 2.19. The van der Waals surface area contributed by atoms with Crippen molar-refractivity contribution in [3.63, 3.8) is 0 Å².